The SMILES string of the molecule is Cn1ccnc1-c1[c-]cccc1.[Ir+3].[c-]1cc(-c2ccccc2-c2ccccc2-c2ccccc2-c2ccc(-c3[c-]cccc3)nc2)ccc1-c1ccccn1. The van der Waals surface area contributed by atoms with Crippen LogP contribution in [0.3, 0.4) is 0 Å². The Kier molecular flexibility index (Phi) is 11.7. The summed E-state index contributed by atoms with van der Waals surface area (Å²) in [5.41, 5.74) is 14.0. The van der Waals surface area contributed by atoms with E-state index in [9.17, 15) is 0 Å². The fourth-order valence-electron chi connectivity index (χ4n) is 6.59. The van der Waals surface area contributed by atoms with Gasteiger partial charge in [-0.1, -0.05) is 108 Å². The van der Waals surface area contributed by atoms with E-state index in [1.807, 2.05) is 96.9 Å². The zero-order valence-corrected chi connectivity index (χ0v) is 32.5. The van der Waals surface area contributed by atoms with Gasteiger partial charge in [-0.3, -0.25) is 4.98 Å². The molecule has 6 aromatic carbocycles. The summed E-state index contributed by atoms with van der Waals surface area (Å²) in [6.07, 6.45) is 7.49. The first-order valence-electron chi connectivity index (χ1n) is 17.8. The summed E-state index contributed by atoms with van der Waals surface area (Å²) >= 11 is 0. The third-order valence-corrected chi connectivity index (χ3v) is 9.26. The van der Waals surface area contributed by atoms with Gasteiger partial charge in [0.2, 0.25) is 0 Å². The summed E-state index contributed by atoms with van der Waals surface area (Å²) in [6, 6.07) is 67.9. The van der Waals surface area contributed by atoms with Gasteiger partial charge >= 0.3 is 20.1 Å². The van der Waals surface area contributed by atoms with Crippen LogP contribution < -0.4 is 0 Å². The molecule has 0 atom stereocenters. The molecule has 0 radical (unpaired) electrons. The molecule has 0 aliphatic rings. The van der Waals surface area contributed by atoms with Crippen molar-refractivity contribution in [3.8, 4) is 78.4 Å². The van der Waals surface area contributed by atoms with Crippen LogP contribution in [0.4, 0.5) is 0 Å². The van der Waals surface area contributed by atoms with Crippen molar-refractivity contribution in [2.45, 2.75) is 0 Å². The minimum atomic E-state index is 0. The van der Waals surface area contributed by atoms with E-state index in [-0.39, 0.29) is 20.1 Å². The first kappa shape index (κ1) is 36.8. The van der Waals surface area contributed by atoms with Crippen LogP contribution in [0.5, 0.6) is 0 Å². The Hall–Kier alpha value is -6.52. The second-order valence-corrected chi connectivity index (χ2v) is 12.7. The molecular weight excluding hydrogens is 849 g/mol. The van der Waals surface area contributed by atoms with Gasteiger partial charge in [0.1, 0.15) is 0 Å². The quantitative estimate of drug-likeness (QED) is 0.150. The summed E-state index contributed by atoms with van der Waals surface area (Å²) in [5.74, 6) is 0.954. The third-order valence-electron chi connectivity index (χ3n) is 9.26. The molecule has 0 N–H and O–H groups in total. The second-order valence-electron chi connectivity index (χ2n) is 12.7. The van der Waals surface area contributed by atoms with Crippen molar-refractivity contribution in [3.63, 3.8) is 0 Å². The number of nitrogens with zero attached hydrogens (tertiary/aromatic N) is 4. The predicted octanol–water partition coefficient (Wildman–Crippen LogP) is 12.0. The number of rotatable bonds is 7. The number of imidazole rings is 1. The summed E-state index contributed by atoms with van der Waals surface area (Å²) in [6.45, 7) is 0. The van der Waals surface area contributed by atoms with E-state index in [1.54, 1.807) is 6.20 Å². The van der Waals surface area contributed by atoms with Crippen LogP contribution in [-0.2, 0) is 27.2 Å². The topological polar surface area (TPSA) is 43.6 Å². The van der Waals surface area contributed by atoms with Crippen molar-refractivity contribution in [2.24, 2.45) is 7.05 Å². The molecule has 3 aromatic heterocycles. The van der Waals surface area contributed by atoms with Crippen molar-refractivity contribution >= 4 is 0 Å². The average Bonchev–Trinajstić information content (AvgIpc) is 3.70. The average molecular weight is 884 g/mol. The molecule has 4 nitrogen and oxygen atoms in total. The number of hydrogen-bond donors (Lipinski definition) is 0. The maximum absolute atomic E-state index is 4.78. The van der Waals surface area contributed by atoms with Gasteiger partial charge in [-0.05, 0) is 50.8 Å². The summed E-state index contributed by atoms with van der Waals surface area (Å²) in [4.78, 5) is 13.5. The van der Waals surface area contributed by atoms with Gasteiger partial charge in [0, 0.05) is 31.8 Å². The Labute approximate surface area is 336 Å². The van der Waals surface area contributed by atoms with Gasteiger partial charge in [-0.2, -0.15) is 0 Å². The fourth-order valence-corrected chi connectivity index (χ4v) is 6.59. The standard InChI is InChI=1S/C40H26N2.C10H9N2.Ir/c1-2-12-30(13-3-1)40-26-25-32(28-42-40)34-15-5-7-17-36(34)38-19-9-8-18-37(38)35-16-6-4-14-33(35)29-21-23-31(24-22-29)39-20-10-11-27-41-39;1-12-8-7-11-10(12)9-5-3-2-4-6-9;/h1-12,14-23,25-28H;2-5,7-8H,1H3;/q-2;-1;+3. The molecule has 0 spiro atoms. The number of aryl methyl sites for hydroxylation is 1. The molecular formula is C50H35IrN4. The minimum absolute atomic E-state index is 0. The van der Waals surface area contributed by atoms with E-state index in [0.717, 1.165) is 56.2 Å². The molecule has 0 saturated carbocycles. The Morgan fingerprint density at radius 3 is 1.45 bits per heavy atom. The van der Waals surface area contributed by atoms with Crippen molar-refractivity contribution in [1.82, 2.24) is 19.5 Å². The largest absolute Gasteiger partial charge is 3.00 e. The van der Waals surface area contributed by atoms with Crippen LogP contribution in [0.1, 0.15) is 0 Å². The van der Waals surface area contributed by atoms with Crippen LogP contribution in [0.2, 0.25) is 0 Å². The van der Waals surface area contributed by atoms with Gasteiger partial charge in [-0.25, -0.2) is 0 Å². The summed E-state index contributed by atoms with van der Waals surface area (Å²) in [5, 5.41) is 0. The molecule has 3 heterocycles. The fraction of sp³-hybridized carbons (Fsp3) is 0.0200. The van der Waals surface area contributed by atoms with E-state index < -0.39 is 0 Å². The number of benzene rings is 6. The Morgan fingerprint density at radius 2 is 0.945 bits per heavy atom. The van der Waals surface area contributed by atoms with Gasteiger partial charge in [0.25, 0.3) is 0 Å². The van der Waals surface area contributed by atoms with E-state index >= 15 is 0 Å². The molecule has 0 aliphatic heterocycles. The van der Waals surface area contributed by atoms with Crippen LogP contribution in [0, 0.1) is 18.2 Å². The molecule has 9 rings (SSSR count). The summed E-state index contributed by atoms with van der Waals surface area (Å²) < 4.78 is 1.98. The zero-order chi connectivity index (χ0) is 36.5. The first-order valence-corrected chi connectivity index (χ1v) is 17.8. The third kappa shape index (κ3) is 8.35. The molecule has 0 saturated heterocycles. The normalized spacial score (nSPS) is 10.5. The van der Waals surface area contributed by atoms with Crippen molar-refractivity contribution in [3.05, 3.63) is 213 Å². The first-order chi connectivity index (χ1) is 26.7. The summed E-state index contributed by atoms with van der Waals surface area (Å²) in [7, 11) is 1.98. The van der Waals surface area contributed by atoms with Gasteiger partial charge < -0.3 is 14.5 Å². The van der Waals surface area contributed by atoms with Crippen molar-refractivity contribution < 1.29 is 20.1 Å². The van der Waals surface area contributed by atoms with Crippen molar-refractivity contribution in [1.29, 1.82) is 0 Å². The number of pyridine rings is 2. The van der Waals surface area contributed by atoms with Crippen LogP contribution in [0.15, 0.2) is 195 Å². The van der Waals surface area contributed by atoms with Crippen molar-refractivity contribution in [2.75, 3.05) is 0 Å². The molecule has 9 aromatic rings. The molecule has 0 bridgehead atoms. The smallest absolute Gasteiger partial charge is 0.373 e. The monoisotopic (exact) mass is 884 g/mol. The second kappa shape index (κ2) is 17.5. The van der Waals surface area contributed by atoms with Gasteiger partial charge in [0.15, 0.2) is 0 Å². The molecule has 264 valence electrons. The minimum Gasteiger partial charge on any atom is -0.373 e. The molecule has 0 aliphatic carbocycles. The number of hydrogen-bond acceptors (Lipinski definition) is 3. The van der Waals surface area contributed by atoms with Gasteiger partial charge in [-0.15, -0.1) is 102 Å². The molecule has 55 heavy (non-hydrogen) atoms. The zero-order valence-electron chi connectivity index (χ0n) is 30.1. The van der Waals surface area contributed by atoms with E-state index in [2.05, 4.69) is 131 Å². The van der Waals surface area contributed by atoms with E-state index in [1.165, 1.54) is 22.3 Å². The maximum Gasteiger partial charge on any atom is 3.00 e. The maximum atomic E-state index is 4.78. The van der Waals surface area contributed by atoms with E-state index in [4.69, 9.17) is 4.98 Å². The van der Waals surface area contributed by atoms with Crippen LogP contribution in [0.25, 0.3) is 78.4 Å². The number of aromatic nitrogens is 4. The molecule has 5 heteroatoms. The molecule has 0 fully saturated rings. The molecule has 0 unspecified atom stereocenters. The Balaban J connectivity index is 0.000000305. The van der Waals surface area contributed by atoms with Crippen LogP contribution >= 0.6 is 0 Å². The Morgan fingerprint density at radius 1 is 0.418 bits per heavy atom. The predicted molar refractivity (Wildman–Crippen MR) is 220 cm³/mol. The van der Waals surface area contributed by atoms with Gasteiger partial charge in [0.05, 0.1) is 5.82 Å². The van der Waals surface area contributed by atoms with E-state index in [0.29, 0.717) is 0 Å². The van der Waals surface area contributed by atoms with Crippen LogP contribution in [-0.4, -0.2) is 19.5 Å². The molecule has 0 amide bonds. The Bertz CT molecular complexity index is 2440.